The van der Waals surface area contributed by atoms with Crippen molar-refractivity contribution < 1.29 is 19.0 Å². The van der Waals surface area contributed by atoms with E-state index in [0.717, 1.165) is 0 Å². The summed E-state index contributed by atoms with van der Waals surface area (Å²) in [4.78, 5) is 12.2. The highest BCUT2D eigenvalue weighted by Gasteiger charge is 2.29. The zero-order chi connectivity index (χ0) is 14.5. The van der Waals surface area contributed by atoms with Gasteiger partial charge in [0.2, 0.25) is 0 Å². The van der Waals surface area contributed by atoms with E-state index in [4.69, 9.17) is 4.74 Å². The Morgan fingerprint density at radius 1 is 1.42 bits per heavy atom. The van der Waals surface area contributed by atoms with Gasteiger partial charge < -0.3 is 15.2 Å². The van der Waals surface area contributed by atoms with E-state index in [1.807, 2.05) is 13.8 Å². The van der Waals surface area contributed by atoms with Gasteiger partial charge in [-0.15, -0.1) is 0 Å². The van der Waals surface area contributed by atoms with Crippen LogP contribution in [0.4, 0.5) is 4.39 Å². The Bertz CT molecular complexity index is 436. The molecule has 0 saturated carbocycles. The summed E-state index contributed by atoms with van der Waals surface area (Å²) in [6.07, 6.45) is 1.12. The number of hydrogen-bond acceptors (Lipinski definition) is 3. The molecule has 1 aromatic carbocycles. The summed E-state index contributed by atoms with van der Waals surface area (Å²) in [6, 6.07) is 4.20. The first-order valence-corrected chi connectivity index (χ1v) is 6.29. The molecule has 4 nitrogen and oxygen atoms in total. The van der Waals surface area contributed by atoms with Crippen LogP contribution in [0.25, 0.3) is 0 Å². The van der Waals surface area contributed by atoms with Crippen LogP contribution in [0.5, 0.6) is 5.75 Å². The summed E-state index contributed by atoms with van der Waals surface area (Å²) in [7, 11) is 1.38. The lowest BCUT2D eigenvalue weighted by Gasteiger charge is -2.31. The smallest absolute Gasteiger partial charge is 0.258 e. The quantitative estimate of drug-likeness (QED) is 0.831. The van der Waals surface area contributed by atoms with Crippen LogP contribution in [0, 0.1) is 5.82 Å². The van der Waals surface area contributed by atoms with Crippen molar-refractivity contribution in [3.05, 3.63) is 29.6 Å². The van der Waals surface area contributed by atoms with Gasteiger partial charge in [0.1, 0.15) is 17.1 Å². The van der Waals surface area contributed by atoms with Gasteiger partial charge in [0.25, 0.3) is 5.91 Å². The summed E-state index contributed by atoms with van der Waals surface area (Å²) < 4.78 is 18.8. The second-order valence-electron chi connectivity index (χ2n) is 4.42. The molecule has 0 aliphatic carbocycles. The Balaban J connectivity index is 3.07. The van der Waals surface area contributed by atoms with Crippen molar-refractivity contribution in [1.82, 2.24) is 5.32 Å². The zero-order valence-electron chi connectivity index (χ0n) is 11.5. The van der Waals surface area contributed by atoms with Crippen molar-refractivity contribution in [1.29, 1.82) is 0 Å². The van der Waals surface area contributed by atoms with Crippen LogP contribution in [0.3, 0.4) is 0 Å². The van der Waals surface area contributed by atoms with Crippen LogP contribution in [0.2, 0.25) is 0 Å². The number of methoxy groups -OCH3 is 1. The van der Waals surface area contributed by atoms with Gasteiger partial charge in [-0.2, -0.15) is 0 Å². The Morgan fingerprint density at radius 2 is 2.05 bits per heavy atom. The molecule has 106 valence electrons. The number of aliphatic hydroxyl groups excluding tert-OH is 1. The summed E-state index contributed by atoms with van der Waals surface area (Å²) in [6.45, 7) is 3.53. The average molecular weight is 269 g/mol. The molecule has 19 heavy (non-hydrogen) atoms. The third kappa shape index (κ3) is 3.23. The van der Waals surface area contributed by atoms with Crippen LogP contribution in [0.1, 0.15) is 37.0 Å². The summed E-state index contributed by atoms with van der Waals surface area (Å²) in [5, 5.41) is 12.1. The molecule has 2 N–H and O–H groups in total. The predicted molar refractivity (Wildman–Crippen MR) is 70.8 cm³/mol. The van der Waals surface area contributed by atoms with E-state index in [-0.39, 0.29) is 17.9 Å². The number of carbonyl (C=O) groups is 1. The first-order valence-electron chi connectivity index (χ1n) is 6.29. The average Bonchev–Trinajstić information content (AvgIpc) is 2.44. The zero-order valence-corrected chi connectivity index (χ0v) is 11.5. The van der Waals surface area contributed by atoms with Gasteiger partial charge in [-0.1, -0.05) is 19.9 Å². The molecule has 1 amide bonds. The first kappa shape index (κ1) is 15.4. The molecule has 0 heterocycles. The van der Waals surface area contributed by atoms with Gasteiger partial charge in [0.05, 0.1) is 19.3 Å². The number of carbonyl (C=O) groups excluding carboxylic acids is 1. The molecule has 1 aromatic rings. The Kier molecular flexibility index (Phi) is 5.30. The molecule has 0 saturated heterocycles. The summed E-state index contributed by atoms with van der Waals surface area (Å²) >= 11 is 0. The highest BCUT2D eigenvalue weighted by atomic mass is 19.1. The van der Waals surface area contributed by atoms with Gasteiger partial charge in [-0.05, 0) is 25.0 Å². The van der Waals surface area contributed by atoms with Crippen molar-refractivity contribution in [2.75, 3.05) is 13.7 Å². The van der Waals surface area contributed by atoms with Crippen LogP contribution in [-0.4, -0.2) is 30.3 Å². The highest BCUT2D eigenvalue weighted by molar-refractivity contribution is 5.97. The minimum absolute atomic E-state index is 0.135. The molecule has 0 aliphatic rings. The molecule has 1 rings (SSSR count). The van der Waals surface area contributed by atoms with E-state index in [1.165, 1.54) is 25.3 Å². The van der Waals surface area contributed by atoms with Crippen LogP contribution in [0.15, 0.2) is 18.2 Å². The number of ether oxygens (including phenoxy) is 1. The van der Waals surface area contributed by atoms with E-state index in [2.05, 4.69) is 5.32 Å². The largest absolute Gasteiger partial charge is 0.496 e. The van der Waals surface area contributed by atoms with E-state index < -0.39 is 17.3 Å². The van der Waals surface area contributed by atoms with E-state index in [9.17, 15) is 14.3 Å². The minimum atomic E-state index is -0.732. The number of hydrogen-bond donors (Lipinski definition) is 2. The Hall–Kier alpha value is -1.62. The van der Waals surface area contributed by atoms with Crippen LogP contribution in [-0.2, 0) is 0 Å². The lowest BCUT2D eigenvalue weighted by molar-refractivity contribution is 0.0810. The van der Waals surface area contributed by atoms with Crippen molar-refractivity contribution in [3.8, 4) is 5.75 Å². The van der Waals surface area contributed by atoms with Crippen molar-refractivity contribution in [2.24, 2.45) is 0 Å². The van der Waals surface area contributed by atoms with E-state index in [0.29, 0.717) is 12.8 Å². The second-order valence-corrected chi connectivity index (χ2v) is 4.42. The third-order valence-corrected chi connectivity index (χ3v) is 3.46. The Morgan fingerprint density at radius 3 is 2.53 bits per heavy atom. The SMILES string of the molecule is CCC(CC)(CO)NC(=O)c1c(F)cccc1OC. The second kappa shape index (κ2) is 6.52. The minimum Gasteiger partial charge on any atom is -0.496 e. The maximum Gasteiger partial charge on any atom is 0.258 e. The molecule has 5 heteroatoms. The van der Waals surface area contributed by atoms with Crippen molar-refractivity contribution >= 4 is 5.91 Å². The molecule has 0 atom stereocenters. The molecule has 0 radical (unpaired) electrons. The topological polar surface area (TPSA) is 58.6 Å². The van der Waals surface area contributed by atoms with Crippen LogP contribution < -0.4 is 10.1 Å². The third-order valence-electron chi connectivity index (χ3n) is 3.46. The molecule has 0 fully saturated rings. The molecule has 0 unspecified atom stereocenters. The van der Waals surface area contributed by atoms with Gasteiger partial charge >= 0.3 is 0 Å². The number of aliphatic hydroxyl groups is 1. The summed E-state index contributed by atoms with van der Waals surface area (Å²) in [5.41, 5.74) is -0.866. The molecule has 0 aromatic heterocycles. The molecule has 0 bridgehead atoms. The number of nitrogens with one attached hydrogen (secondary N) is 1. The maximum atomic E-state index is 13.8. The van der Waals surface area contributed by atoms with Gasteiger partial charge in [-0.25, -0.2) is 4.39 Å². The predicted octanol–water partition coefficient (Wildman–Crippen LogP) is 2.12. The standard InChI is InChI=1S/C14H20FNO3/c1-4-14(5-2,9-17)16-13(18)12-10(15)7-6-8-11(12)19-3/h6-8,17H,4-5,9H2,1-3H3,(H,16,18). The highest BCUT2D eigenvalue weighted by Crippen LogP contribution is 2.23. The number of halogens is 1. The fraction of sp³-hybridized carbons (Fsp3) is 0.500. The van der Waals surface area contributed by atoms with Crippen molar-refractivity contribution in [2.45, 2.75) is 32.2 Å². The van der Waals surface area contributed by atoms with Crippen LogP contribution >= 0.6 is 0 Å². The molecule has 0 aliphatic heterocycles. The van der Waals surface area contributed by atoms with Gasteiger partial charge in [-0.3, -0.25) is 4.79 Å². The van der Waals surface area contributed by atoms with E-state index >= 15 is 0 Å². The van der Waals surface area contributed by atoms with Gasteiger partial charge in [0, 0.05) is 0 Å². The lowest BCUT2D eigenvalue weighted by atomic mass is 9.93. The molecular formula is C14H20FNO3. The normalized spacial score (nSPS) is 11.2. The first-order chi connectivity index (χ1) is 9.03. The summed E-state index contributed by atoms with van der Waals surface area (Å²) in [5.74, 6) is -1.04. The van der Waals surface area contributed by atoms with E-state index in [1.54, 1.807) is 0 Å². The maximum absolute atomic E-state index is 13.8. The monoisotopic (exact) mass is 269 g/mol. The molecule has 0 spiro atoms. The number of amides is 1. The lowest BCUT2D eigenvalue weighted by Crippen LogP contribution is -2.50. The number of benzene rings is 1. The van der Waals surface area contributed by atoms with Gasteiger partial charge in [0.15, 0.2) is 0 Å². The fourth-order valence-corrected chi connectivity index (χ4v) is 1.89. The van der Waals surface area contributed by atoms with Crippen molar-refractivity contribution in [3.63, 3.8) is 0 Å². The molecular weight excluding hydrogens is 249 g/mol. The number of rotatable bonds is 6. The Labute approximate surface area is 112 Å². The fourth-order valence-electron chi connectivity index (χ4n) is 1.89.